The van der Waals surface area contributed by atoms with Crippen LogP contribution in [0.1, 0.15) is 15.9 Å². The van der Waals surface area contributed by atoms with E-state index in [1.165, 1.54) is 33.5 Å². The summed E-state index contributed by atoms with van der Waals surface area (Å²) in [6, 6.07) is 9.15. The Kier molecular flexibility index (Phi) is 6.76. The van der Waals surface area contributed by atoms with E-state index in [0.717, 1.165) is 5.56 Å². The molecule has 2 amide bonds. The van der Waals surface area contributed by atoms with Crippen LogP contribution in [-0.2, 0) is 11.2 Å². The van der Waals surface area contributed by atoms with Crippen molar-refractivity contribution < 1.29 is 28.2 Å². The number of carbonyl (C=O) groups is 2. The number of methoxy groups -OCH3 is 3. The molecule has 1 saturated heterocycles. The zero-order valence-electron chi connectivity index (χ0n) is 17.3. The molecular weight excluding hydrogens is 391 g/mol. The normalized spacial score (nSPS) is 13.7. The lowest BCUT2D eigenvalue weighted by atomic mass is 10.1. The Morgan fingerprint density at radius 2 is 1.40 bits per heavy atom. The van der Waals surface area contributed by atoms with Gasteiger partial charge in [-0.05, 0) is 29.8 Å². The topological polar surface area (TPSA) is 68.3 Å². The van der Waals surface area contributed by atoms with Gasteiger partial charge in [0.2, 0.25) is 11.7 Å². The number of benzene rings is 2. The second-order valence-corrected chi connectivity index (χ2v) is 6.89. The van der Waals surface area contributed by atoms with Gasteiger partial charge in [0.1, 0.15) is 5.82 Å². The predicted octanol–water partition coefficient (Wildman–Crippen LogP) is 2.38. The van der Waals surface area contributed by atoms with Gasteiger partial charge in [-0.15, -0.1) is 0 Å². The molecule has 0 unspecified atom stereocenters. The SMILES string of the molecule is COc1cc(C(=O)N2CCN(C(=O)Cc3ccc(F)cc3)CC2)cc(OC)c1OC. The molecule has 30 heavy (non-hydrogen) atoms. The third-order valence-corrected chi connectivity index (χ3v) is 5.10. The van der Waals surface area contributed by atoms with Gasteiger partial charge in [-0.25, -0.2) is 4.39 Å². The Bertz CT molecular complexity index is 883. The van der Waals surface area contributed by atoms with Crippen LogP contribution in [-0.4, -0.2) is 69.1 Å². The van der Waals surface area contributed by atoms with E-state index >= 15 is 0 Å². The van der Waals surface area contributed by atoms with Crippen LogP contribution in [0.5, 0.6) is 17.2 Å². The fraction of sp³-hybridized carbons (Fsp3) is 0.364. The Balaban J connectivity index is 1.64. The summed E-state index contributed by atoms with van der Waals surface area (Å²) in [4.78, 5) is 28.9. The molecule has 160 valence electrons. The Morgan fingerprint density at radius 1 is 0.867 bits per heavy atom. The van der Waals surface area contributed by atoms with Crippen LogP contribution >= 0.6 is 0 Å². The van der Waals surface area contributed by atoms with Gasteiger partial charge in [-0.1, -0.05) is 12.1 Å². The highest BCUT2D eigenvalue weighted by Crippen LogP contribution is 2.38. The van der Waals surface area contributed by atoms with Gasteiger partial charge in [0.15, 0.2) is 11.5 Å². The lowest BCUT2D eigenvalue weighted by Gasteiger charge is -2.35. The van der Waals surface area contributed by atoms with Crippen LogP contribution in [0.2, 0.25) is 0 Å². The summed E-state index contributed by atoms with van der Waals surface area (Å²) in [6.45, 7) is 1.72. The lowest BCUT2D eigenvalue weighted by Crippen LogP contribution is -2.51. The van der Waals surface area contributed by atoms with Gasteiger partial charge >= 0.3 is 0 Å². The molecule has 1 heterocycles. The number of nitrogens with zero attached hydrogens (tertiary/aromatic N) is 2. The molecule has 3 rings (SSSR count). The molecule has 0 saturated carbocycles. The summed E-state index contributed by atoms with van der Waals surface area (Å²) in [5.74, 6) is 0.709. The number of ether oxygens (including phenoxy) is 3. The van der Waals surface area contributed by atoms with Crippen molar-refractivity contribution in [2.24, 2.45) is 0 Å². The molecule has 0 spiro atoms. The van der Waals surface area contributed by atoms with Crippen molar-refractivity contribution in [3.8, 4) is 17.2 Å². The third-order valence-electron chi connectivity index (χ3n) is 5.10. The minimum absolute atomic E-state index is 0.0403. The number of halogens is 1. The van der Waals surface area contributed by atoms with Crippen LogP contribution in [0.25, 0.3) is 0 Å². The number of amides is 2. The second-order valence-electron chi connectivity index (χ2n) is 6.89. The van der Waals surface area contributed by atoms with Gasteiger partial charge in [0.25, 0.3) is 5.91 Å². The van der Waals surface area contributed by atoms with Gasteiger partial charge in [0, 0.05) is 31.7 Å². The van der Waals surface area contributed by atoms with E-state index < -0.39 is 0 Å². The van der Waals surface area contributed by atoms with E-state index in [4.69, 9.17) is 14.2 Å². The first kappa shape index (κ1) is 21.4. The van der Waals surface area contributed by atoms with Crippen LogP contribution < -0.4 is 14.2 Å². The molecule has 1 aliphatic heterocycles. The van der Waals surface area contributed by atoms with Crippen molar-refractivity contribution in [3.63, 3.8) is 0 Å². The molecule has 8 heteroatoms. The van der Waals surface area contributed by atoms with Crippen molar-refractivity contribution in [1.29, 1.82) is 0 Å². The maximum atomic E-state index is 13.0. The number of piperazine rings is 1. The Morgan fingerprint density at radius 3 is 1.90 bits per heavy atom. The van der Waals surface area contributed by atoms with Crippen molar-refractivity contribution in [2.45, 2.75) is 6.42 Å². The summed E-state index contributed by atoms with van der Waals surface area (Å²) in [6.07, 6.45) is 0.209. The number of carbonyl (C=O) groups excluding carboxylic acids is 2. The molecule has 2 aromatic carbocycles. The van der Waals surface area contributed by atoms with E-state index in [9.17, 15) is 14.0 Å². The Hall–Kier alpha value is -3.29. The molecule has 7 nitrogen and oxygen atoms in total. The molecule has 1 aliphatic rings. The maximum absolute atomic E-state index is 13.0. The van der Waals surface area contributed by atoms with Gasteiger partial charge in [-0.3, -0.25) is 9.59 Å². The highest BCUT2D eigenvalue weighted by Gasteiger charge is 2.26. The molecule has 1 fully saturated rings. The summed E-state index contributed by atoms with van der Waals surface area (Å²) >= 11 is 0. The van der Waals surface area contributed by atoms with E-state index in [-0.39, 0.29) is 24.1 Å². The quantitative estimate of drug-likeness (QED) is 0.723. The average Bonchev–Trinajstić information content (AvgIpc) is 2.79. The maximum Gasteiger partial charge on any atom is 0.254 e. The van der Waals surface area contributed by atoms with Crippen molar-refractivity contribution >= 4 is 11.8 Å². The molecule has 0 bridgehead atoms. The minimum Gasteiger partial charge on any atom is -0.493 e. The molecule has 0 N–H and O–H groups in total. The lowest BCUT2D eigenvalue weighted by molar-refractivity contribution is -0.131. The van der Waals surface area contributed by atoms with Crippen molar-refractivity contribution in [1.82, 2.24) is 9.80 Å². The third kappa shape index (κ3) is 4.64. The number of hydrogen-bond donors (Lipinski definition) is 0. The molecule has 0 aromatic heterocycles. The first-order valence-corrected chi connectivity index (χ1v) is 9.58. The smallest absolute Gasteiger partial charge is 0.254 e. The van der Waals surface area contributed by atoms with Crippen LogP contribution in [0, 0.1) is 5.82 Å². The molecule has 2 aromatic rings. The second kappa shape index (κ2) is 9.47. The molecule has 0 aliphatic carbocycles. The van der Waals surface area contributed by atoms with E-state index in [1.54, 1.807) is 34.1 Å². The average molecular weight is 416 g/mol. The summed E-state index contributed by atoms with van der Waals surface area (Å²) < 4.78 is 28.9. The summed E-state index contributed by atoms with van der Waals surface area (Å²) in [5, 5.41) is 0. The minimum atomic E-state index is -0.329. The fourth-order valence-corrected chi connectivity index (χ4v) is 3.43. The zero-order chi connectivity index (χ0) is 21.7. The molecule has 0 radical (unpaired) electrons. The largest absolute Gasteiger partial charge is 0.493 e. The summed E-state index contributed by atoms with van der Waals surface area (Å²) in [5.41, 5.74) is 1.19. The number of rotatable bonds is 6. The first-order valence-electron chi connectivity index (χ1n) is 9.58. The van der Waals surface area contributed by atoms with Gasteiger partial charge < -0.3 is 24.0 Å². The van der Waals surface area contributed by atoms with Crippen LogP contribution in [0.4, 0.5) is 4.39 Å². The standard InChI is InChI=1S/C22H25FN2O5/c1-28-18-13-16(14-19(29-2)21(18)30-3)22(27)25-10-8-24(9-11-25)20(26)12-15-4-6-17(23)7-5-15/h4-7,13-14H,8-12H2,1-3H3. The summed E-state index contributed by atoms with van der Waals surface area (Å²) in [7, 11) is 4.50. The monoisotopic (exact) mass is 416 g/mol. The molecular formula is C22H25FN2O5. The predicted molar refractivity (Wildman–Crippen MR) is 109 cm³/mol. The highest BCUT2D eigenvalue weighted by atomic mass is 19.1. The zero-order valence-corrected chi connectivity index (χ0v) is 17.3. The Labute approximate surface area is 174 Å². The van der Waals surface area contributed by atoms with Gasteiger partial charge in [0.05, 0.1) is 27.8 Å². The van der Waals surface area contributed by atoms with E-state index in [2.05, 4.69) is 0 Å². The van der Waals surface area contributed by atoms with E-state index in [1.807, 2.05) is 0 Å². The van der Waals surface area contributed by atoms with Crippen LogP contribution in [0.15, 0.2) is 36.4 Å². The highest BCUT2D eigenvalue weighted by molar-refractivity contribution is 5.96. The van der Waals surface area contributed by atoms with Crippen molar-refractivity contribution in [3.05, 3.63) is 53.3 Å². The first-order chi connectivity index (χ1) is 14.5. The van der Waals surface area contributed by atoms with Crippen LogP contribution in [0.3, 0.4) is 0 Å². The number of hydrogen-bond acceptors (Lipinski definition) is 5. The van der Waals surface area contributed by atoms with Crippen molar-refractivity contribution in [2.75, 3.05) is 47.5 Å². The molecule has 0 atom stereocenters. The van der Waals surface area contributed by atoms with Gasteiger partial charge in [-0.2, -0.15) is 0 Å². The fourth-order valence-electron chi connectivity index (χ4n) is 3.43. The van der Waals surface area contributed by atoms with E-state index in [0.29, 0.717) is 49.0 Å².